The molecule has 76 valence electrons. The van der Waals surface area contributed by atoms with Gasteiger partial charge in [-0.3, -0.25) is 0 Å². The molecule has 0 aliphatic heterocycles. The summed E-state index contributed by atoms with van der Waals surface area (Å²) in [5.41, 5.74) is 0.866. The minimum absolute atomic E-state index is 0.866. The highest BCUT2D eigenvalue weighted by Crippen LogP contribution is 2.10. The molecule has 0 heterocycles. The molecule has 0 fully saturated rings. The fraction of sp³-hybridized carbons (Fsp3) is 1.00. The van der Waals surface area contributed by atoms with E-state index in [2.05, 4.69) is 36.9 Å². The van der Waals surface area contributed by atoms with Gasteiger partial charge in [0, 0.05) is 0 Å². The van der Waals surface area contributed by atoms with Gasteiger partial charge in [-0.2, -0.15) is 0 Å². The zero-order valence-electron chi connectivity index (χ0n) is 9.40. The van der Waals surface area contributed by atoms with Gasteiger partial charge in [-0.25, -0.2) is 0 Å². The Morgan fingerprint density at radius 3 is 1.50 bits per heavy atom. The molecule has 0 nitrogen and oxygen atoms in total. The van der Waals surface area contributed by atoms with E-state index >= 15 is 0 Å². The predicted octanol–water partition coefficient (Wildman–Crippen LogP) is 4.64. The van der Waals surface area contributed by atoms with E-state index in [1.807, 2.05) is 0 Å². The van der Waals surface area contributed by atoms with Gasteiger partial charge in [-0.15, -0.1) is 9.24 Å². The summed E-state index contributed by atoms with van der Waals surface area (Å²) in [4.78, 5) is 0. The van der Waals surface area contributed by atoms with Crippen LogP contribution in [0.15, 0.2) is 0 Å². The second kappa shape index (κ2) is 14.0. The van der Waals surface area contributed by atoms with Crippen LogP contribution in [0, 0.1) is 0 Å². The van der Waals surface area contributed by atoms with E-state index in [-0.39, 0.29) is 0 Å². The second-order valence-corrected chi connectivity index (χ2v) is 4.25. The summed E-state index contributed by atoms with van der Waals surface area (Å²) in [6.45, 7) is 8.88. The molecule has 12 heavy (non-hydrogen) atoms. The van der Waals surface area contributed by atoms with Crippen molar-refractivity contribution in [1.82, 2.24) is 0 Å². The van der Waals surface area contributed by atoms with Crippen molar-refractivity contribution in [3.05, 3.63) is 0 Å². The maximum absolute atomic E-state index is 2.85. The Balaban J connectivity index is 0. The van der Waals surface area contributed by atoms with Crippen molar-refractivity contribution in [2.45, 2.75) is 71.9 Å². The van der Waals surface area contributed by atoms with E-state index in [1.54, 1.807) is 0 Å². The van der Waals surface area contributed by atoms with Crippen LogP contribution in [0.25, 0.3) is 0 Å². The maximum Gasteiger partial charge on any atom is -0.0267 e. The first kappa shape index (κ1) is 14.9. The van der Waals surface area contributed by atoms with Crippen LogP contribution in [0.3, 0.4) is 0 Å². The van der Waals surface area contributed by atoms with Gasteiger partial charge in [0.25, 0.3) is 0 Å². The lowest BCUT2D eigenvalue weighted by molar-refractivity contribution is 0.720. The molecular weight excluding hydrogens is 163 g/mol. The average molecular weight is 190 g/mol. The molecular formula is C11H27P. The summed E-state index contributed by atoms with van der Waals surface area (Å²) < 4.78 is 0. The molecule has 0 spiro atoms. The molecule has 0 N–H and O–H groups in total. The van der Waals surface area contributed by atoms with Gasteiger partial charge in [0.1, 0.15) is 0 Å². The van der Waals surface area contributed by atoms with Crippen LogP contribution >= 0.6 is 9.24 Å². The summed E-state index contributed by atoms with van der Waals surface area (Å²) in [7, 11) is 2.85. The van der Waals surface area contributed by atoms with E-state index in [1.165, 1.54) is 38.5 Å². The van der Waals surface area contributed by atoms with Crippen molar-refractivity contribution >= 4 is 9.24 Å². The fourth-order valence-electron chi connectivity index (χ4n) is 0.928. The van der Waals surface area contributed by atoms with E-state index in [0.717, 1.165) is 5.66 Å². The van der Waals surface area contributed by atoms with E-state index in [9.17, 15) is 0 Å². The average Bonchev–Trinajstić information content (AvgIpc) is 2.07. The van der Waals surface area contributed by atoms with Gasteiger partial charge >= 0.3 is 0 Å². The Bertz CT molecular complexity index is 60.0. The van der Waals surface area contributed by atoms with Crippen LogP contribution in [0.2, 0.25) is 0 Å². The molecule has 0 bridgehead atoms. The monoisotopic (exact) mass is 190 g/mol. The molecule has 0 amide bonds. The van der Waals surface area contributed by atoms with Crippen molar-refractivity contribution in [3.63, 3.8) is 0 Å². The lowest BCUT2D eigenvalue weighted by Crippen LogP contribution is -1.91. The fourth-order valence-corrected chi connectivity index (χ4v) is 1.26. The molecule has 0 aromatic carbocycles. The summed E-state index contributed by atoms with van der Waals surface area (Å²) in [6, 6.07) is 0. The van der Waals surface area contributed by atoms with Gasteiger partial charge in [0.2, 0.25) is 0 Å². The molecule has 0 aliphatic carbocycles. The first-order chi connectivity index (χ1) is 5.72. The standard InChI is InChI=1S/C6H15P.C5H12/c1-3-5-6(7)4-2;1-3-5-4-2/h6H,3-5,7H2,1-2H3;3-5H2,1-2H3. The topological polar surface area (TPSA) is 0 Å². The molecule has 0 aromatic rings. The molecule has 2 atom stereocenters. The lowest BCUT2D eigenvalue weighted by atomic mass is 10.2. The Kier molecular flexibility index (Phi) is 17.4. The van der Waals surface area contributed by atoms with E-state index < -0.39 is 0 Å². The van der Waals surface area contributed by atoms with Crippen LogP contribution < -0.4 is 0 Å². The van der Waals surface area contributed by atoms with Crippen LogP contribution in [0.4, 0.5) is 0 Å². The Labute approximate surface area is 81.7 Å². The Morgan fingerprint density at radius 1 is 0.917 bits per heavy atom. The lowest BCUT2D eigenvalue weighted by Gasteiger charge is -2.02. The third kappa shape index (κ3) is 16.8. The number of rotatable bonds is 5. The Hall–Kier alpha value is 0.430. The van der Waals surface area contributed by atoms with Crippen LogP contribution in [-0.2, 0) is 0 Å². The smallest absolute Gasteiger partial charge is 0.0267 e. The minimum Gasteiger partial charge on any atom is -0.134 e. The van der Waals surface area contributed by atoms with Crippen molar-refractivity contribution in [3.8, 4) is 0 Å². The highest BCUT2D eigenvalue weighted by atomic mass is 31.0. The first-order valence-electron chi connectivity index (χ1n) is 5.48. The van der Waals surface area contributed by atoms with Gasteiger partial charge < -0.3 is 0 Å². The number of unbranched alkanes of at least 4 members (excludes halogenated alkanes) is 2. The quantitative estimate of drug-likeness (QED) is 0.554. The van der Waals surface area contributed by atoms with Crippen molar-refractivity contribution in [2.75, 3.05) is 0 Å². The van der Waals surface area contributed by atoms with Gasteiger partial charge in [0.05, 0.1) is 0 Å². The number of hydrogen-bond donors (Lipinski definition) is 0. The summed E-state index contributed by atoms with van der Waals surface area (Å²) in [5.74, 6) is 0. The first-order valence-corrected chi connectivity index (χ1v) is 6.14. The zero-order chi connectivity index (χ0) is 9.82. The highest BCUT2D eigenvalue weighted by Gasteiger charge is 1.92. The van der Waals surface area contributed by atoms with Crippen molar-refractivity contribution in [1.29, 1.82) is 0 Å². The second-order valence-electron chi connectivity index (χ2n) is 3.31. The van der Waals surface area contributed by atoms with Gasteiger partial charge in [0.15, 0.2) is 0 Å². The molecule has 0 aromatic heterocycles. The highest BCUT2D eigenvalue weighted by molar-refractivity contribution is 7.17. The van der Waals surface area contributed by atoms with Crippen LogP contribution in [0.1, 0.15) is 66.2 Å². The maximum atomic E-state index is 2.85. The third-order valence-corrected chi connectivity index (χ3v) is 2.70. The third-order valence-electron chi connectivity index (χ3n) is 1.89. The zero-order valence-corrected chi connectivity index (χ0v) is 10.6. The molecule has 0 saturated carbocycles. The molecule has 0 rings (SSSR count). The van der Waals surface area contributed by atoms with Crippen LogP contribution in [0.5, 0.6) is 0 Å². The molecule has 0 radical (unpaired) electrons. The van der Waals surface area contributed by atoms with Gasteiger partial charge in [-0.05, 0) is 18.5 Å². The Morgan fingerprint density at radius 2 is 1.42 bits per heavy atom. The molecule has 0 saturated heterocycles. The summed E-state index contributed by atoms with van der Waals surface area (Å²) >= 11 is 0. The van der Waals surface area contributed by atoms with E-state index in [0.29, 0.717) is 0 Å². The van der Waals surface area contributed by atoms with Crippen molar-refractivity contribution < 1.29 is 0 Å². The minimum atomic E-state index is 0.866. The van der Waals surface area contributed by atoms with E-state index in [4.69, 9.17) is 0 Å². The summed E-state index contributed by atoms with van der Waals surface area (Å²) in [5, 5.41) is 0. The molecule has 1 heteroatoms. The SMILES string of the molecule is CCCC(P)CC.CCCCC. The molecule has 0 aliphatic rings. The summed E-state index contributed by atoms with van der Waals surface area (Å²) in [6.07, 6.45) is 8.06. The van der Waals surface area contributed by atoms with Crippen LogP contribution in [-0.4, -0.2) is 5.66 Å². The van der Waals surface area contributed by atoms with Gasteiger partial charge in [-0.1, -0.05) is 53.4 Å². The predicted molar refractivity (Wildman–Crippen MR) is 63.9 cm³/mol. The number of hydrogen-bond acceptors (Lipinski definition) is 0. The normalized spacial score (nSPS) is 11.8. The largest absolute Gasteiger partial charge is 0.134 e. The molecule has 2 unspecified atom stereocenters. The van der Waals surface area contributed by atoms with Crippen molar-refractivity contribution in [2.24, 2.45) is 0 Å².